The number of halogens is 1. The highest BCUT2D eigenvalue weighted by atomic mass is 79.9. The summed E-state index contributed by atoms with van der Waals surface area (Å²) in [5.74, 6) is -1.17. The zero-order chi connectivity index (χ0) is 21.1. The predicted molar refractivity (Wildman–Crippen MR) is 106 cm³/mol. The Morgan fingerprint density at radius 3 is 2.45 bits per heavy atom. The number of hydrogen-bond donors (Lipinski definition) is 0. The van der Waals surface area contributed by atoms with E-state index < -0.39 is 29.2 Å². The number of carbonyl (C=O) groups excluding carboxylic acids is 3. The van der Waals surface area contributed by atoms with Gasteiger partial charge in [-0.15, -0.1) is 0 Å². The van der Waals surface area contributed by atoms with Crippen molar-refractivity contribution in [3.05, 3.63) is 68.2 Å². The van der Waals surface area contributed by atoms with Crippen molar-refractivity contribution in [3.8, 4) is 5.75 Å². The minimum Gasteiger partial charge on any atom is -0.492 e. The SMILES string of the molecule is CN(CCOc1ccc(Br)cc1)C(=O)CN1C(=O)c2ccc([N+](=O)[O-])cc2C1=O. The number of carbonyl (C=O) groups is 3. The van der Waals surface area contributed by atoms with Crippen LogP contribution in [0.15, 0.2) is 46.9 Å². The van der Waals surface area contributed by atoms with E-state index >= 15 is 0 Å². The first kappa shape index (κ1) is 20.5. The Kier molecular flexibility index (Phi) is 5.92. The number of imide groups is 1. The summed E-state index contributed by atoms with van der Waals surface area (Å²) in [6.07, 6.45) is 0. The van der Waals surface area contributed by atoms with E-state index in [4.69, 9.17) is 4.74 Å². The molecule has 0 radical (unpaired) electrons. The van der Waals surface area contributed by atoms with Crippen molar-refractivity contribution >= 4 is 39.3 Å². The minimum atomic E-state index is -0.721. The van der Waals surface area contributed by atoms with Gasteiger partial charge >= 0.3 is 0 Å². The van der Waals surface area contributed by atoms with Crippen molar-refractivity contribution in [1.29, 1.82) is 0 Å². The van der Waals surface area contributed by atoms with Crippen molar-refractivity contribution in [1.82, 2.24) is 9.80 Å². The second kappa shape index (κ2) is 8.39. The number of amides is 3. The second-order valence-electron chi connectivity index (χ2n) is 6.30. The number of benzene rings is 2. The second-order valence-corrected chi connectivity index (χ2v) is 7.22. The number of nitro benzene ring substituents is 1. The number of rotatable bonds is 7. The maximum Gasteiger partial charge on any atom is 0.270 e. The first-order chi connectivity index (χ1) is 13.8. The van der Waals surface area contributed by atoms with Gasteiger partial charge in [0.1, 0.15) is 18.9 Å². The molecule has 0 atom stereocenters. The number of nitrogens with zero attached hydrogens (tertiary/aromatic N) is 3. The van der Waals surface area contributed by atoms with Crippen LogP contribution in [0.2, 0.25) is 0 Å². The maximum atomic E-state index is 12.4. The van der Waals surface area contributed by atoms with Crippen LogP contribution in [0.3, 0.4) is 0 Å². The Morgan fingerprint density at radius 2 is 1.79 bits per heavy atom. The lowest BCUT2D eigenvalue weighted by Gasteiger charge is -2.20. The van der Waals surface area contributed by atoms with Gasteiger partial charge in [0.05, 0.1) is 22.6 Å². The van der Waals surface area contributed by atoms with E-state index in [2.05, 4.69) is 15.9 Å². The van der Waals surface area contributed by atoms with Crippen LogP contribution < -0.4 is 4.74 Å². The van der Waals surface area contributed by atoms with Gasteiger partial charge < -0.3 is 9.64 Å². The standard InChI is InChI=1S/C19H16BrN3O6/c1-21(8-9-29-14-5-2-12(20)3-6-14)17(24)11-22-18(25)15-7-4-13(23(27)28)10-16(15)19(22)26/h2-7,10H,8-9,11H2,1H3. The molecule has 0 N–H and O–H groups in total. The fraction of sp³-hybridized carbons (Fsp3) is 0.211. The topological polar surface area (TPSA) is 110 Å². The molecule has 0 fully saturated rings. The fourth-order valence-electron chi connectivity index (χ4n) is 2.75. The average Bonchev–Trinajstić information content (AvgIpc) is 2.93. The van der Waals surface area contributed by atoms with Gasteiger partial charge in [0.15, 0.2) is 0 Å². The van der Waals surface area contributed by atoms with Crippen molar-refractivity contribution in [2.75, 3.05) is 26.7 Å². The molecule has 0 unspecified atom stereocenters. The van der Waals surface area contributed by atoms with Gasteiger partial charge in [0.2, 0.25) is 5.91 Å². The van der Waals surface area contributed by atoms with Crippen LogP contribution in [-0.4, -0.2) is 59.2 Å². The molecule has 0 saturated carbocycles. The Labute approximate surface area is 174 Å². The zero-order valence-corrected chi connectivity index (χ0v) is 16.9. The number of likely N-dealkylation sites (N-methyl/N-ethyl adjacent to an activating group) is 1. The summed E-state index contributed by atoms with van der Waals surface area (Å²) in [6.45, 7) is 0.0383. The molecule has 9 nitrogen and oxygen atoms in total. The molecule has 0 saturated heterocycles. The van der Waals surface area contributed by atoms with E-state index in [0.29, 0.717) is 5.75 Å². The van der Waals surface area contributed by atoms with Crippen LogP contribution in [0.25, 0.3) is 0 Å². The monoisotopic (exact) mass is 461 g/mol. The molecular formula is C19H16BrN3O6. The third kappa shape index (κ3) is 4.43. The molecule has 2 aromatic rings. The van der Waals surface area contributed by atoms with Gasteiger partial charge in [0, 0.05) is 23.7 Å². The molecule has 2 aromatic carbocycles. The first-order valence-electron chi connectivity index (χ1n) is 8.55. The first-order valence-corrected chi connectivity index (χ1v) is 9.34. The largest absolute Gasteiger partial charge is 0.492 e. The van der Waals surface area contributed by atoms with Gasteiger partial charge in [-0.05, 0) is 30.3 Å². The molecule has 3 rings (SSSR count). The summed E-state index contributed by atoms with van der Waals surface area (Å²) >= 11 is 3.33. The highest BCUT2D eigenvalue weighted by molar-refractivity contribution is 9.10. The molecule has 10 heteroatoms. The molecule has 0 aromatic heterocycles. The smallest absolute Gasteiger partial charge is 0.270 e. The summed E-state index contributed by atoms with van der Waals surface area (Å²) in [4.78, 5) is 49.6. The van der Waals surface area contributed by atoms with Crippen LogP contribution >= 0.6 is 15.9 Å². The Morgan fingerprint density at radius 1 is 1.14 bits per heavy atom. The molecule has 0 spiro atoms. The Balaban J connectivity index is 1.58. The van der Waals surface area contributed by atoms with Crippen LogP contribution in [0.1, 0.15) is 20.7 Å². The van der Waals surface area contributed by atoms with E-state index in [1.54, 1.807) is 12.1 Å². The van der Waals surface area contributed by atoms with Crippen molar-refractivity contribution < 1.29 is 24.0 Å². The molecule has 1 aliphatic rings. The molecule has 0 aliphatic carbocycles. The van der Waals surface area contributed by atoms with Crippen LogP contribution in [-0.2, 0) is 4.79 Å². The number of non-ortho nitro benzene ring substituents is 1. The third-order valence-corrected chi connectivity index (χ3v) is 4.92. The summed E-state index contributed by atoms with van der Waals surface area (Å²) in [7, 11) is 1.54. The molecular weight excluding hydrogens is 446 g/mol. The van der Waals surface area contributed by atoms with E-state index in [1.165, 1.54) is 18.0 Å². The molecule has 3 amide bonds. The molecule has 150 valence electrons. The molecule has 0 bridgehead atoms. The van der Waals surface area contributed by atoms with Crippen LogP contribution in [0.4, 0.5) is 5.69 Å². The predicted octanol–water partition coefficient (Wildman–Crippen LogP) is 2.49. The van der Waals surface area contributed by atoms with Gasteiger partial charge in [-0.1, -0.05) is 15.9 Å². The van der Waals surface area contributed by atoms with Crippen molar-refractivity contribution in [2.24, 2.45) is 0 Å². The minimum absolute atomic E-state index is 0.0506. The van der Waals surface area contributed by atoms with Gasteiger partial charge in [0.25, 0.3) is 17.5 Å². The van der Waals surface area contributed by atoms with E-state index in [1.807, 2.05) is 12.1 Å². The highest BCUT2D eigenvalue weighted by Crippen LogP contribution is 2.26. The van der Waals surface area contributed by atoms with E-state index in [0.717, 1.165) is 21.5 Å². The molecule has 1 aliphatic heterocycles. The molecule has 29 heavy (non-hydrogen) atoms. The lowest BCUT2D eigenvalue weighted by Crippen LogP contribution is -2.42. The van der Waals surface area contributed by atoms with Gasteiger partial charge in [-0.25, -0.2) is 0 Å². The number of fused-ring (bicyclic) bond motifs is 1. The Bertz CT molecular complexity index is 992. The van der Waals surface area contributed by atoms with Gasteiger partial charge in [-0.2, -0.15) is 0 Å². The van der Waals surface area contributed by atoms with Crippen molar-refractivity contribution in [3.63, 3.8) is 0 Å². The van der Waals surface area contributed by atoms with Crippen LogP contribution in [0.5, 0.6) is 5.75 Å². The number of ether oxygens (including phenoxy) is 1. The number of nitro groups is 1. The lowest BCUT2D eigenvalue weighted by molar-refractivity contribution is -0.384. The summed E-state index contributed by atoms with van der Waals surface area (Å²) in [5.41, 5.74) is -0.312. The Hall–Kier alpha value is -3.27. The lowest BCUT2D eigenvalue weighted by atomic mass is 10.1. The van der Waals surface area contributed by atoms with E-state index in [-0.39, 0.29) is 30.0 Å². The third-order valence-electron chi connectivity index (χ3n) is 4.39. The zero-order valence-electron chi connectivity index (χ0n) is 15.3. The maximum absolute atomic E-state index is 12.4. The average molecular weight is 462 g/mol. The normalized spacial score (nSPS) is 12.7. The summed E-state index contributed by atoms with van der Waals surface area (Å²) in [5, 5.41) is 10.9. The summed E-state index contributed by atoms with van der Waals surface area (Å²) in [6, 6.07) is 10.7. The molecule has 1 heterocycles. The van der Waals surface area contributed by atoms with Gasteiger partial charge in [-0.3, -0.25) is 29.4 Å². The quantitative estimate of drug-likeness (QED) is 0.355. The number of hydrogen-bond acceptors (Lipinski definition) is 6. The summed E-state index contributed by atoms with van der Waals surface area (Å²) < 4.78 is 6.47. The van der Waals surface area contributed by atoms with Crippen LogP contribution in [0, 0.1) is 10.1 Å². The van der Waals surface area contributed by atoms with Crippen molar-refractivity contribution in [2.45, 2.75) is 0 Å². The van der Waals surface area contributed by atoms with E-state index in [9.17, 15) is 24.5 Å². The fourth-order valence-corrected chi connectivity index (χ4v) is 3.01. The highest BCUT2D eigenvalue weighted by Gasteiger charge is 2.38.